The first kappa shape index (κ1) is 15.3. The summed E-state index contributed by atoms with van der Waals surface area (Å²) >= 11 is 0. The van der Waals surface area contributed by atoms with Crippen LogP contribution >= 0.6 is 0 Å². The van der Waals surface area contributed by atoms with Gasteiger partial charge in [0.1, 0.15) is 0 Å². The molecule has 1 saturated heterocycles. The molecule has 0 aliphatic carbocycles. The van der Waals surface area contributed by atoms with Crippen LogP contribution in [0.25, 0.3) is 0 Å². The predicted molar refractivity (Wildman–Crippen MR) is 92.9 cm³/mol. The normalized spacial score (nSPS) is 18.6. The Balaban J connectivity index is 1.33. The smallest absolute Gasteiger partial charge is 0.0234 e. The second-order valence-corrected chi connectivity index (χ2v) is 6.25. The number of rotatable bonds is 7. The van der Waals surface area contributed by atoms with E-state index in [0.29, 0.717) is 6.04 Å². The van der Waals surface area contributed by atoms with E-state index in [9.17, 15) is 0 Å². The fourth-order valence-electron chi connectivity index (χ4n) is 3.23. The fourth-order valence-corrected chi connectivity index (χ4v) is 3.23. The first-order valence-electron chi connectivity index (χ1n) is 8.44. The van der Waals surface area contributed by atoms with Gasteiger partial charge in [0.05, 0.1) is 0 Å². The number of hydrogen-bond acceptors (Lipinski definition) is 2. The summed E-state index contributed by atoms with van der Waals surface area (Å²) in [4.78, 5) is 2.56. The third kappa shape index (κ3) is 4.69. The van der Waals surface area contributed by atoms with Gasteiger partial charge in [-0.15, -0.1) is 0 Å². The lowest BCUT2D eigenvalue weighted by molar-refractivity contribution is 0.320. The number of benzene rings is 2. The standard InChI is InChI=1S/C20H26N2/c1-3-8-18(9-4-1)12-7-14-21-20-13-15-22(17-20)16-19-10-5-2-6-11-19/h1-6,8-11,20-21H,7,12-17H2. The molecule has 1 atom stereocenters. The molecule has 2 aromatic carbocycles. The quantitative estimate of drug-likeness (QED) is 0.787. The lowest BCUT2D eigenvalue weighted by Gasteiger charge is -2.16. The maximum Gasteiger partial charge on any atom is 0.0234 e. The van der Waals surface area contributed by atoms with Crippen LogP contribution in [0, 0.1) is 0 Å². The minimum atomic E-state index is 0.666. The maximum atomic E-state index is 3.73. The molecule has 0 spiro atoms. The molecule has 1 aliphatic heterocycles. The molecule has 1 heterocycles. The van der Waals surface area contributed by atoms with Gasteiger partial charge in [-0.1, -0.05) is 60.7 Å². The Bertz CT molecular complexity index is 538. The van der Waals surface area contributed by atoms with Crippen molar-refractivity contribution in [2.45, 2.75) is 31.8 Å². The van der Waals surface area contributed by atoms with Crippen LogP contribution < -0.4 is 5.32 Å². The number of hydrogen-bond donors (Lipinski definition) is 1. The summed E-state index contributed by atoms with van der Waals surface area (Å²) in [5.74, 6) is 0. The average molecular weight is 294 g/mol. The number of nitrogens with one attached hydrogen (secondary N) is 1. The van der Waals surface area contributed by atoms with Crippen LogP contribution in [0.4, 0.5) is 0 Å². The third-order valence-electron chi connectivity index (χ3n) is 4.44. The molecule has 2 heteroatoms. The molecule has 3 rings (SSSR count). The second kappa shape index (κ2) is 8.11. The van der Waals surface area contributed by atoms with E-state index in [2.05, 4.69) is 70.9 Å². The highest BCUT2D eigenvalue weighted by Gasteiger charge is 2.21. The van der Waals surface area contributed by atoms with Crippen molar-refractivity contribution in [3.63, 3.8) is 0 Å². The van der Waals surface area contributed by atoms with Gasteiger partial charge in [-0.05, 0) is 36.9 Å². The van der Waals surface area contributed by atoms with E-state index >= 15 is 0 Å². The first-order valence-corrected chi connectivity index (χ1v) is 8.44. The van der Waals surface area contributed by atoms with Gasteiger partial charge < -0.3 is 5.32 Å². The predicted octanol–water partition coefficient (Wildman–Crippen LogP) is 3.48. The Labute approximate surface area is 134 Å². The van der Waals surface area contributed by atoms with Gasteiger partial charge in [0, 0.05) is 25.7 Å². The molecular formula is C20H26N2. The molecule has 1 unspecified atom stereocenters. The topological polar surface area (TPSA) is 15.3 Å². The summed E-state index contributed by atoms with van der Waals surface area (Å²) in [5, 5.41) is 3.73. The van der Waals surface area contributed by atoms with Crippen LogP contribution in [0.3, 0.4) is 0 Å². The zero-order chi connectivity index (χ0) is 15.0. The van der Waals surface area contributed by atoms with Crippen LogP contribution in [-0.2, 0) is 13.0 Å². The zero-order valence-corrected chi connectivity index (χ0v) is 13.2. The van der Waals surface area contributed by atoms with Gasteiger partial charge in [0.25, 0.3) is 0 Å². The molecule has 0 amide bonds. The van der Waals surface area contributed by atoms with E-state index in [1.54, 1.807) is 0 Å². The van der Waals surface area contributed by atoms with Gasteiger partial charge in [-0.3, -0.25) is 4.90 Å². The largest absolute Gasteiger partial charge is 0.313 e. The van der Waals surface area contributed by atoms with E-state index in [1.807, 2.05) is 0 Å². The van der Waals surface area contributed by atoms with Crippen molar-refractivity contribution in [2.24, 2.45) is 0 Å². The minimum Gasteiger partial charge on any atom is -0.313 e. The molecule has 2 aromatic rings. The molecule has 0 aromatic heterocycles. The van der Waals surface area contributed by atoms with E-state index in [0.717, 1.165) is 13.1 Å². The van der Waals surface area contributed by atoms with Gasteiger partial charge in [0.15, 0.2) is 0 Å². The van der Waals surface area contributed by atoms with Crippen molar-refractivity contribution in [1.82, 2.24) is 10.2 Å². The summed E-state index contributed by atoms with van der Waals surface area (Å²) in [7, 11) is 0. The Kier molecular flexibility index (Phi) is 5.63. The molecule has 1 N–H and O–H groups in total. The maximum absolute atomic E-state index is 3.73. The van der Waals surface area contributed by atoms with Gasteiger partial charge in [-0.25, -0.2) is 0 Å². The molecule has 116 valence electrons. The molecule has 0 saturated carbocycles. The van der Waals surface area contributed by atoms with Crippen LogP contribution in [0.15, 0.2) is 60.7 Å². The highest BCUT2D eigenvalue weighted by molar-refractivity contribution is 5.15. The molecule has 22 heavy (non-hydrogen) atoms. The van der Waals surface area contributed by atoms with Crippen molar-refractivity contribution in [3.05, 3.63) is 71.8 Å². The van der Waals surface area contributed by atoms with Gasteiger partial charge in [-0.2, -0.15) is 0 Å². The Hall–Kier alpha value is -1.64. The lowest BCUT2D eigenvalue weighted by Crippen LogP contribution is -2.33. The van der Waals surface area contributed by atoms with Crippen molar-refractivity contribution in [2.75, 3.05) is 19.6 Å². The van der Waals surface area contributed by atoms with Crippen LogP contribution in [0.5, 0.6) is 0 Å². The summed E-state index contributed by atoms with van der Waals surface area (Å²) in [6.45, 7) is 4.60. The number of aryl methyl sites for hydroxylation is 1. The molecule has 1 aliphatic rings. The van der Waals surface area contributed by atoms with Crippen LogP contribution in [0.1, 0.15) is 24.0 Å². The van der Waals surface area contributed by atoms with Crippen molar-refractivity contribution in [3.8, 4) is 0 Å². The number of likely N-dealkylation sites (tertiary alicyclic amines) is 1. The average Bonchev–Trinajstić information content (AvgIpc) is 3.01. The zero-order valence-electron chi connectivity index (χ0n) is 13.2. The SMILES string of the molecule is c1ccc(CCCNC2CCN(Cc3ccccc3)C2)cc1. The monoisotopic (exact) mass is 294 g/mol. The van der Waals surface area contributed by atoms with Crippen LogP contribution in [-0.4, -0.2) is 30.6 Å². The Morgan fingerprint density at radius 3 is 2.32 bits per heavy atom. The Morgan fingerprint density at radius 2 is 1.59 bits per heavy atom. The summed E-state index contributed by atoms with van der Waals surface area (Å²) in [6, 6.07) is 22.2. The van der Waals surface area contributed by atoms with Crippen molar-refractivity contribution in [1.29, 1.82) is 0 Å². The second-order valence-electron chi connectivity index (χ2n) is 6.25. The van der Waals surface area contributed by atoms with Gasteiger partial charge in [0.2, 0.25) is 0 Å². The molecule has 1 fully saturated rings. The third-order valence-corrected chi connectivity index (χ3v) is 4.44. The molecule has 2 nitrogen and oxygen atoms in total. The van der Waals surface area contributed by atoms with Crippen molar-refractivity contribution < 1.29 is 0 Å². The highest BCUT2D eigenvalue weighted by atomic mass is 15.2. The Morgan fingerprint density at radius 1 is 0.909 bits per heavy atom. The highest BCUT2D eigenvalue weighted by Crippen LogP contribution is 2.13. The molecular weight excluding hydrogens is 268 g/mol. The summed E-state index contributed by atoms with van der Waals surface area (Å²) < 4.78 is 0. The summed E-state index contributed by atoms with van der Waals surface area (Å²) in [5.41, 5.74) is 2.87. The fraction of sp³-hybridized carbons (Fsp3) is 0.400. The van der Waals surface area contributed by atoms with E-state index in [-0.39, 0.29) is 0 Å². The van der Waals surface area contributed by atoms with Crippen molar-refractivity contribution >= 4 is 0 Å². The van der Waals surface area contributed by atoms with E-state index in [1.165, 1.54) is 43.5 Å². The van der Waals surface area contributed by atoms with E-state index in [4.69, 9.17) is 0 Å². The lowest BCUT2D eigenvalue weighted by atomic mass is 10.1. The summed E-state index contributed by atoms with van der Waals surface area (Å²) in [6.07, 6.45) is 3.67. The first-order chi connectivity index (χ1) is 10.9. The molecule has 0 radical (unpaired) electrons. The molecule has 0 bridgehead atoms. The minimum absolute atomic E-state index is 0.666. The van der Waals surface area contributed by atoms with Gasteiger partial charge >= 0.3 is 0 Å². The van der Waals surface area contributed by atoms with Crippen LogP contribution in [0.2, 0.25) is 0 Å². The van der Waals surface area contributed by atoms with E-state index < -0.39 is 0 Å². The number of nitrogens with zero attached hydrogens (tertiary/aromatic N) is 1.